The van der Waals surface area contributed by atoms with Crippen molar-refractivity contribution in [3.8, 4) is 22.4 Å². The molecule has 0 atom stereocenters. The fraction of sp³-hybridized carbons (Fsp3) is 0.174. The third-order valence-electron chi connectivity index (χ3n) is 5.34. The summed E-state index contributed by atoms with van der Waals surface area (Å²) in [5.74, 6) is 0.414. The first-order chi connectivity index (χ1) is 15.1. The summed E-state index contributed by atoms with van der Waals surface area (Å²) in [6, 6.07) is 16.5. The van der Waals surface area contributed by atoms with Gasteiger partial charge in [-0.25, -0.2) is 15.0 Å². The number of benzene rings is 2. The number of para-hydroxylation sites is 1. The summed E-state index contributed by atoms with van der Waals surface area (Å²) in [5, 5.41) is 0.750. The van der Waals surface area contributed by atoms with E-state index in [0.717, 1.165) is 68.7 Å². The highest BCUT2D eigenvalue weighted by Crippen LogP contribution is 2.38. The topological polar surface area (TPSA) is 77.2 Å². The Morgan fingerprint density at radius 2 is 1.65 bits per heavy atom. The summed E-state index contributed by atoms with van der Waals surface area (Å²) in [5.41, 5.74) is 11.8. The number of nitrogen functional groups attached to an aromatic ring is 1. The lowest BCUT2D eigenvalue weighted by Crippen LogP contribution is -2.36. The van der Waals surface area contributed by atoms with E-state index in [9.17, 15) is 0 Å². The van der Waals surface area contributed by atoms with E-state index in [4.69, 9.17) is 15.5 Å². The number of anilines is 2. The molecule has 2 aromatic carbocycles. The van der Waals surface area contributed by atoms with Gasteiger partial charge < -0.3 is 15.4 Å². The lowest BCUT2D eigenvalue weighted by molar-refractivity contribution is 0.123. The monoisotopic (exact) mass is 539 g/mol. The van der Waals surface area contributed by atoms with Crippen LogP contribution < -0.4 is 10.6 Å². The summed E-state index contributed by atoms with van der Waals surface area (Å²) in [6.45, 7) is 3.15. The molecule has 3 heterocycles. The summed E-state index contributed by atoms with van der Waals surface area (Å²) < 4.78 is 7.47. The minimum Gasteiger partial charge on any atom is -0.383 e. The van der Waals surface area contributed by atoms with Crippen LogP contribution in [0.5, 0.6) is 0 Å². The molecule has 1 fully saturated rings. The average molecular weight is 541 g/mol. The van der Waals surface area contributed by atoms with E-state index < -0.39 is 0 Å². The van der Waals surface area contributed by atoms with Gasteiger partial charge in [-0.1, -0.05) is 50.1 Å². The summed E-state index contributed by atoms with van der Waals surface area (Å²) in [7, 11) is 0. The second-order valence-corrected chi connectivity index (χ2v) is 9.12. The highest BCUT2D eigenvalue weighted by molar-refractivity contribution is 9.11. The molecule has 31 heavy (non-hydrogen) atoms. The second kappa shape index (κ2) is 8.53. The number of hydrogen-bond acceptors (Lipinski definition) is 6. The summed E-state index contributed by atoms with van der Waals surface area (Å²) >= 11 is 7.19. The Labute approximate surface area is 196 Å². The van der Waals surface area contributed by atoms with Gasteiger partial charge in [0.2, 0.25) is 0 Å². The first-order valence-corrected chi connectivity index (χ1v) is 11.5. The lowest BCUT2D eigenvalue weighted by atomic mass is 9.99. The van der Waals surface area contributed by atoms with Crippen LogP contribution >= 0.6 is 31.9 Å². The molecule has 0 aliphatic carbocycles. The normalized spacial score (nSPS) is 14.2. The maximum atomic E-state index is 6.27. The molecule has 1 aliphatic rings. The van der Waals surface area contributed by atoms with Crippen molar-refractivity contribution in [2.75, 3.05) is 36.9 Å². The maximum absolute atomic E-state index is 6.27. The third-order valence-corrected chi connectivity index (χ3v) is 6.25. The zero-order chi connectivity index (χ0) is 21.4. The largest absolute Gasteiger partial charge is 0.383 e. The van der Waals surface area contributed by atoms with E-state index >= 15 is 0 Å². The number of aromatic nitrogens is 3. The van der Waals surface area contributed by atoms with Crippen LogP contribution in [0.4, 0.5) is 11.5 Å². The minimum atomic E-state index is 0.414. The van der Waals surface area contributed by atoms with Crippen molar-refractivity contribution in [1.82, 2.24) is 15.0 Å². The number of rotatable bonds is 3. The summed E-state index contributed by atoms with van der Waals surface area (Å²) in [4.78, 5) is 15.9. The molecule has 1 aliphatic heterocycles. The zero-order valence-corrected chi connectivity index (χ0v) is 19.7. The number of nitrogens with two attached hydrogens (primary N) is 1. The van der Waals surface area contributed by atoms with Crippen molar-refractivity contribution < 1.29 is 4.74 Å². The van der Waals surface area contributed by atoms with Crippen molar-refractivity contribution in [2.24, 2.45) is 0 Å². The van der Waals surface area contributed by atoms with Gasteiger partial charge in [-0.15, -0.1) is 0 Å². The predicted octanol–water partition coefficient (Wildman–Crippen LogP) is 5.30. The molecular weight excluding hydrogens is 522 g/mol. The van der Waals surface area contributed by atoms with E-state index in [1.54, 1.807) is 0 Å². The Morgan fingerprint density at radius 3 is 2.42 bits per heavy atom. The molecule has 0 bridgehead atoms. The van der Waals surface area contributed by atoms with Gasteiger partial charge in [0.15, 0.2) is 5.65 Å². The maximum Gasteiger partial charge on any atom is 0.165 e. The van der Waals surface area contributed by atoms with E-state index in [0.29, 0.717) is 11.5 Å². The van der Waals surface area contributed by atoms with Crippen LogP contribution in [0, 0.1) is 0 Å². The number of ether oxygens (including phenoxy) is 1. The lowest BCUT2D eigenvalue weighted by Gasteiger charge is -2.30. The van der Waals surface area contributed by atoms with Crippen molar-refractivity contribution in [3.05, 3.63) is 63.8 Å². The Kier molecular flexibility index (Phi) is 5.60. The molecule has 2 aromatic heterocycles. The van der Waals surface area contributed by atoms with E-state index in [-0.39, 0.29) is 0 Å². The molecule has 5 rings (SSSR count). The van der Waals surface area contributed by atoms with Gasteiger partial charge in [-0.2, -0.15) is 0 Å². The quantitative estimate of drug-likeness (QED) is 0.380. The minimum absolute atomic E-state index is 0.414. The molecule has 8 heteroatoms. The van der Waals surface area contributed by atoms with Gasteiger partial charge in [0.05, 0.1) is 24.3 Å². The van der Waals surface area contributed by atoms with Crippen molar-refractivity contribution in [2.45, 2.75) is 0 Å². The number of pyridine rings is 1. The van der Waals surface area contributed by atoms with Crippen LogP contribution in [0.25, 0.3) is 33.4 Å². The van der Waals surface area contributed by atoms with Crippen molar-refractivity contribution in [1.29, 1.82) is 0 Å². The Bertz CT molecular complexity index is 1250. The molecule has 0 amide bonds. The standard InChI is InChI=1S/C23H19Br2N5O/c24-15-9-14(10-16(25)11-15)18-12-19(29-23-21(18)22(26)27-13-28-23)17-3-1-2-4-20(17)30-5-7-31-8-6-30/h1-4,9-13H,5-8H2,(H2,26,27,28,29). The van der Waals surface area contributed by atoms with Crippen LogP contribution in [0.2, 0.25) is 0 Å². The van der Waals surface area contributed by atoms with Gasteiger partial charge in [-0.05, 0) is 41.5 Å². The van der Waals surface area contributed by atoms with Crippen LogP contribution in [0.15, 0.2) is 63.8 Å². The summed E-state index contributed by atoms with van der Waals surface area (Å²) in [6.07, 6.45) is 1.46. The highest BCUT2D eigenvalue weighted by atomic mass is 79.9. The third kappa shape index (κ3) is 4.03. The number of nitrogens with zero attached hydrogens (tertiary/aromatic N) is 4. The molecule has 4 aromatic rings. The van der Waals surface area contributed by atoms with Gasteiger partial charge in [-0.3, -0.25) is 0 Å². The average Bonchev–Trinajstić information content (AvgIpc) is 2.78. The molecular formula is C23H19Br2N5O. The highest BCUT2D eigenvalue weighted by Gasteiger charge is 2.19. The SMILES string of the molecule is Nc1ncnc2nc(-c3ccccc3N3CCOCC3)cc(-c3cc(Br)cc(Br)c3)c12. The van der Waals surface area contributed by atoms with Crippen LogP contribution in [0.1, 0.15) is 0 Å². The van der Waals surface area contributed by atoms with Crippen LogP contribution in [0.3, 0.4) is 0 Å². The van der Waals surface area contributed by atoms with Crippen LogP contribution in [-0.4, -0.2) is 41.3 Å². The molecule has 156 valence electrons. The Hall–Kier alpha value is -2.55. The molecule has 0 radical (unpaired) electrons. The second-order valence-electron chi connectivity index (χ2n) is 7.29. The molecule has 6 nitrogen and oxygen atoms in total. The molecule has 0 saturated carbocycles. The smallest absolute Gasteiger partial charge is 0.165 e. The first kappa shape index (κ1) is 20.4. The van der Waals surface area contributed by atoms with E-state index in [1.807, 2.05) is 12.1 Å². The first-order valence-electron chi connectivity index (χ1n) is 9.90. The predicted molar refractivity (Wildman–Crippen MR) is 131 cm³/mol. The van der Waals surface area contributed by atoms with Crippen molar-refractivity contribution in [3.63, 3.8) is 0 Å². The Balaban J connectivity index is 1.75. The number of fused-ring (bicyclic) bond motifs is 1. The van der Waals surface area contributed by atoms with Gasteiger partial charge in [0.1, 0.15) is 12.1 Å². The van der Waals surface area contributed by atoms with Gasteiger partial charge in [0, 0.05) is 33.3 Å². The Morgan fingerprint density at radius 1 is 0.903 bits per heavy atom. The zero-order valence-electron chi connectivity index (χ0n) is 16.6. The van der Waals surface area contributed by atoms with E-state index in [1.165, 1.54) is 6.33 Å². The molecule has 0 spiro atoms. The van der Waals surface area contributed by atoms with Gasteiger partial charge in [0.25, 0.3) is 0 Å². The molecule has 2 N–H and O–H groups in total. The van der Waals surface area contributed by atoms with E-state index in [2.05, 4.69) is 83.1 Å². The fourth-order valence-corrected chi connectivity index (χ4v) is 5.23. The van der Waals surface area contributed by atoms with Crippen LogP contribution in [-0.2, 0) is 4.74 Å². The fourth-order valence-electron chi connectivity index (χ4n) is 3.93. The number of halogens is 2. The van der Waals surface area contributed by atoms with Gasteiger partial charge >= 0.3 is 0 Å². The van der Waals surface area contributed by atoms with Crippen molar-refractivity contribution >= 4 is 54.4 Å². The number of morpholine rings is 1. The molecule has 1 saturated heterocycles. The molecule has 0 unspecified atom stereocenters. The number of hydrogen-bond donors (Lipinski definition) is 1.